The monoisotopic (exact) mass is 423 g/mol. The normalized spacial score (nSPS) is 28.3. The number of benzene rings is 1. The Labute approximate surface area is 160 Å². The zero-order valence-corrected chi connectivity index (χ0v) is 16.1. The summed E-state index contributed by atoms with van der Waals surface area (Å²) >= 11 is 3.44. The van der Waals surface area contributed by atoms with Crippen molar-refractivity contribution < 1.29 is 24.3 Å². The number of amides is 1. The fraction of sp³-hybridized carbons (Fsp3) is 0.474. The lowest BCUT2D eigenvalue weighted by molar-refractivity contribution is -0.224. The highest BCUT2D eigenvalue weighted by Gasteiger charge is 2.51. The van der Waals surface area contributed by atoms with Crippen molar-refractivity contribution in [2.75, 3.05) is 19.8 Å². The van der Waals surface area contributed by atoms with E-state index in [0.717, 1.165) is 5.56 Å². The second-order valence-electron chi connectivity index (χ2n) is 6.46. The molecule has 1 fully saturated rings. The molecule has 0 bridgehead atoms. The van der Waals surface area contributed by atoms with E-state index in [1.54, 1.807) is 6.92 Å². The number of carbonyl (C=O) groups is 2. The molecule has 7 heteroatoms. The lowest BCUT2D eigenvalue weighted by Crippen LogP contribution is -2.54. The van der Waals surface area contributed by atoms with E-state index in [0.29, 0.717) is 17.6 Å². The van der Waals surface area contributed by atoms with Gasteiger partial charge in [0.2, 0.25) is 0 Å². The number of hydrogen-bond donors (Lipinski definition) is 1. The fourth-order valence-electron chi connectivity index (χ4n) is 3.64. The molecule has 2 aliphatic rings. The van der Waals surface area contributed by atoms with Crippen LogP contribution < -0.4 is 0 Å². The minimum Gasteiger partial charge on any atom is -0.466 e. The van der Waals surface area contributed by atoms with Crippen molar-refractivity contribution in [1.82, 2.24) is 5.06 Å². The average molecular weight is 424 g/mol. The lowest BCUT2D eigenvalue weighted by atomic mass is 9.69. The van der Waals surface area contributed by atoms with Gasteiger partial charge in [0.05, 0.1) is 38.2 Å². The number of nitrogens with zero attached hydrogens (tertiary/aromatic N) is 1. The minimum atomic E-state index is -0.737. The van der Waals surface area contributed by atoms with E-state index in [2.05, 4.69) is 15.9 Å². The summed E-state index contributed by atoms with van der Waals surface area (Å²) in [6.45, 7) is 2.32. The summed E-state index contributed by atoms with van der Waals surface area (Å²) in [5, 5.41) is 11.1. The molecular formula is C19H22BrNO5. The summed E-state index contributed by atoms with van der Waals surface area (Å²) in [6.07, 6.45) is 1.87. The quantitative estimate of drug-likeness (QED) is 0.735. The van der Waals surface area contributed by atoms with Gasteiger partial charge < -0.3 is 9.84 Å². The molecule has 1 aliphatic carbocycles. The van der Waals surface area contributed by atoms with Crippen molar-refractivity contribution >= 4 is 27.8 Å². The Morgan fingerprint density at radius 3 is 2.77 bits per heavy atom. The van der Waals surface area contributed by atoms with E-state index in [9.17, 15) is 14.7 Å². The van der Waals surface area contributed by atoms with Crippen LogP contribution >= 0.6 is 15.9 Å². The van der Waals surface area contributed by atoms with Gasteiger partial charge in [-0.15, -0.1) is 0 Å². The Balaban J connectivity index is 1.88. The number of aliphatic hydroxyl groups excluding tert-OH is 1. The second kappa shape index (κ2) is 8.33. The number of ether oxygens (including phenoxy) is 1. The number of hydrogen-bond acceptors (Lipinski definition) is 5. The first-order valence-electron chi connectivity index (χ1n) is 8.69. The first-order chi connectivity index (χ1) is 12.6. The van der Waals surface area contributed by atoms with E-state index in [1.165, 1.54) is 5.06 Å². The van der Waals surface area contributed by atoms with Crippen molar-refractivity contribution in [3.8, 4) is 0 Å². The molecule has 26 heavy (non-hydrogen) atoms. The molecule has 1 heterocycles. The van der Waals surface area contributed by atoms with Crippen LogP contribution in [0.3, 0.4) is 0 Å². The number of halogens is 1. The van der Waals surface area contributed by atoms with Gasteiger partial charge in [-0.25, -0.2) is 5.06 Å². The number of esters is 1. The second-order valence-corrected chi connectivity index (χ2v) is 7.38. The van der Waals surface area contributed by atoms with Crippen LogP contribution in [0.2, 0.25) is 0 Å². The summed E-state index contributed by atoms with van der Waals surface area (Å²) in [6, 6.07) is 9.54. The van der Waals surface area contributed by atoms with Crippen molar-refractivity contribution in [2.45, 2.75) is 13.5 Å². The van der Waals surface area contributed by atoms with Gasteiger partial charge in [0.25, 0.3) is 5.91 Å². The molecule has 4 atom stereocenters. The number of hydroxylamine groups is 2. The Morgan fingerprint density at radius 1 is 1.38 bits per heavy atom. The highest BCUT2D eigenvalue weighted by atomic mass is 79.9. The van der Waals surface area contributed by atoms with Crippen molar-refractivity contribution in [3.05, 3.63) is 46.5 Å². The van der Waals surface area contributed by atoms with E-state index in [4.69, 9.17) is 9.57 Å². The smallest absolute Gasteiger partial charge is 0.310 e. The van der Waals surface area contributed by atoms with Gasteiger partial charge in [0, 0.05) is 11.8 Å². The van der Waals surface area contributed by atoms with Crippen molar-refractivity contribution in [3.63, 3.8) is 0 Å². The highest BCUT2D eigenvalue weighted by molar-refractivity contribution is 9.11. The van der Waals surface area contributed by atoms with Crippen LogP contribution in [0.4, 0.5) is 0 Å². The molecule has 0 spiro atoms. The van der Waals surface area contributed by atoms with E-state index in [-0.39, 0.29) is 25.0 Å². The third-order valence-electron chi connectivity index (χ3n) is 4.89. The molecule has 1 saturated heterocycles. The van der Waals surface area contributed by atoms with Crippen LogP contribution in [0.5, 0.6) is 0 Å². The lowest BCUT2D eigenvalue weighted by Gasteiger charge is -2.43. The molecule has 1 N–H and O–H groups in total. The minimum absolute atomic E-state index is 0.227. The fourth-order valence-corrected chi connectivity index (χ4v) is 4.41. The molecule has 0 aromatic heterocycles. The molecule has 1 aromatic rings. The Morgan fingerprint density at radius 2 is 2.12 bits per heavy atom. The van der Waals surface area contributed by atoms with Gasteiger partial charge in [0.1, 0.15) is 0 Å². The summed E-state index contributed by atoms with van der Waals surface area (Å²) < 4.78 is 5.92. The highest BCUT2D eigenvalue weighted by Crippen LogP contribution is 2.44. The third kappa shape index (κ3) is 3.70. The predicted molar refractivity (Wildman–Crippen MR) is 97.6 cm³/mol. The SMILES string of the molecule is CCOC(=O)[C@@H]1[C@H]2C(=O)N(Cc3ccccc3)OC[C@H]2C=C(Br)[C@H]1CO. The maximum atomic E-state index is 13.1. The van der Waals surface area contributed by atoms with Crippen LogP contribution in [0.15, 0.2) is 40.9 Å². The van der Waals surface area contributed by atoms with Crippen molar-refractivity contribution in [2.24, 2.45) is 23.7 Å². The summed E-state index contributed by atoms with van der Waals surface area (Å²) in [5.74, 6) is -2.78. The molecule has 1 aromatic carbocycles. The molecule has 3 rings (SSSR count). The maximum Gasteiger partial charge on any atom is 0.310 e. The van der Waals surface area contributed by atoms with Gasteiger partial charge in [-0.3, -0.25) is 14.4 Å². The molecule has 1 amide bonds. The number of rotatable bonds is 5. The summed E-state index contributed by atoms with van der Waals surface area (Å²) in [7, 11) is 0. The largest absolute Gasteiger partial charge is 0.466 e. The zero-order chi connectivity index (χ0) is 18.7. The van der Waals surface area contributed by atoms with Gasteiger partial charge in [-0.1, -0.05) is 52.3 Å². The van der Waals surface area contributed by atoms with Crippen LogP contribution in [0.1, 0.15) is 12.5 Å². The number of aliphatic hydroxyl groups is 1. The molecule has 0 radical (unpaired) electrons. The maximum absolute atomic E-state index is 13.1. The summed E-state index contributed by atoms with van der Waals surface area (Å²) in [4.78, 5) is 31.4. The molecule has 0 unspecified atom stereocenters. The average Bonchev–Trinajstić information content (AvgIpc) is 2.64. The van der Waals surface area contributed by atoms with Gasteiger partial charge in [0.15, 0.2) is 0 Å². The zero-order valence-electron chi connectivity index (χ0n) is 14.5. The number of carbonyl (C=O) groups excluding carboxylic acids is 2. The van der Waals surface area contributed by atoms with Crippen LogP contribution in [0, 0.1) is 23.7 Å². The van der Waals surface area contributed by atoms with Crippen LogP contribution in [-0.2, 0) is 25.7 Å². The molecule has 0 saturated carbocycles. The predicted octanol–water partition coefficient (Wildman–Crippen LogP) is 2.27. The first-order valence-corrected chi connectivity index (χ1v) is 9.49. The van der Waals surface area contributed by atoms with Gasteiger partial charge in [-0.05, 0) is 17.0 Å². The Bertz CT molecular complexity index is 692. The standard InChI is InChI=1S/C19H22BrNO5/c1-2-25-19(24)17-14(10-22)15(20)8-13-11-26-21(18(23)16(13)17)9-12-6-4-3-5-7-12/h3-8,13-14,16-17,22H,2,9-11H2,1H3/t13-,14-,16+,17+/m1/s1. The van der Waals surface area contributed by atoms with E-state index >= 15 is 0 Å². The van der Waals surface area contributed by atoms with Crippen molar-refractivity contribution in [1.29, 1.82) is 0 Å². The van der Waals surface area contributed by atoms with E-state index < -0.39 is 23.7 Å². The summed E-state index contributed by atoms with van der Waals surface area (Å²) in [5.41, 5.74) is 0.943. The van der Waals surface area contributed by atoms with Gasteiger partial charge >= 0.3 is 5.97 Å². The third-order valence-corrected chi connectivity index (χ3v) is 5.74. The van der Waals surface area contributed by atoms with E-state index in [1.807, 2.05) is 36.4 Å². The molecule has 1 aliphatic heterocycles. The Kier molecular flexibility index (Phi) is 6.11. The van der Waals surface area contributed by atoms with Gasteiger partial charge in [-0.2, -0.15) is 0 Å². The first kappa shape index (κ1) is 19.1. The van der Waals surface area contributed by atoms with Crippen LogP contribution in [-0.4, -0.2) is 41.9 Å². The molecule has 6 nitrogen and oxygen atoms in total. The molecule has 140 valence electrons. The van der Waals surface area contributed by atoms with Crippen LogP contribution in [0.25, 0.3) is 0 Å². The topological polar surface area (TPSA) is 76.1 Å². The molecular weight excluding hydrogens is 402 g/mol. The number of fused-ring (bicyclic) bond motifs is 1. The Hall–Kier alpha value is -1.70.